The average Bonchev–Trinajstić information content (AvgIpc) is 2.58. The van der Waals surface area contributed by atoms with Crippen molar-refractivity contribution < 1.29 is 0 Å². The van der Waals surface area contributed by atoms with Gasteiger partial charge in [-0.1, -0.05) is 20.3 Å². The van der Waals surface area contributed by atoms with E-state index in [-0.39, 0.29) is 0 Å². The summed E-state index contributed by atoms with van der Waals surface area (Å²) in [5.41, 5.74) is 7.97. The maximum atomic E-state index is 6.14. The molecule has 0 saturated carbocycles. The molecule has 5 heteroatoms. The predicted molar refractivity (Wildman–Crippen MR) is 82.3 cm³/mol. The second-order valence-corrected chi connectivity index (χ2v) is 6.01. The first kappa shape index (κ1) is 15.2. The topological polar surface area (TPSA) is 55.9 Å². The summed E-state index contributed by atoms with van der Waals surface area (Å²) in [4.78, 5) is 0. The van der Waals surface area contributed by atoms with Crippen LogP contribution in [0.5, 0.6) is 0 Å². The minimum Gasteiger partial charge on any atom is -0.394 e. The highest BCUT2D eigenvalue weighted by Crippen LogP contribution is 2.24. The molecular formula is C13H26N4S. The number of nitrogens with one attached hydrogen (secondary N) is 1. The molecule has 0 spiro atoms. The number of nitrogens with two attached hydrogens (primary N) is 1. The van der Waals surface area contributed by atoms with Crippen molar-refractivity contribution >= 4 is 23.3 Å². The maximum absolute atomic E-state index is 6.14. The smallest absolute Gasteiger partial charge is 0.147 e. The molecule has 1 aromatic heterocycles. The minimum absolute atomic E-state index is 0.427. The van der Waals surface area contributed by atoms with Gasteiger partial charge in [0, 0.05) is 13.1 Å². The number of nitrogen functional groups attached to an aromatic ring is 1. The molecule has 0 fully saturated rings. The van der Waals surface area contributed by atoms with Gasteiger partial charge < -0.3 is 11.1 Å². The molecule has 1 atom stereocenters. The molecule has 18 heavy (non-hydrogen) atoms. The van der Waals surface area contributed by atoms with Gasteiger partial charge in [-0.2, -0.15) is 16.9 Å². The monoisotopic (exact) mass is 270 g/mol. The van der Waals surface area contributed by atoms with Crippen LogP contribution in [0.1, 0.15) is 39.3 Å². The van der Waals surface area contributed by atoms with Crippen LogP contribution in [0.2, 0.25) is 0 Å². The summed E-state index contributed by atoms with van der Waals surface area (Å²) >= 11 is 1.98. The molecule has 4 nitrogen and oxygen atoms in total. The van der Waals surface area contributed by atoms with Crippen LogP contribution >= 0.6 is 11.8 Å². The highest BCUT2D eigenvalue weighted by atomic mass is 32.2. The van der Waals surface area contributed by atoms with E-state index in [4.69, 9.17) is 5.73 Å². The van der Waals surface area contributed by atoms with Crippen LogP contribution in [-0.2, 0) is 13.5 Å². The Hall–Kier alpha value is -0.840. The van der Waals surface area contributed by atoms with E-state index < -0.39 is 0 Å². The van der Waals surface area contributed by atoms with Crippen molar-refractivity contribution in [3.8, 4) is 0 Å². The van der Waals surface area contributed by atoms with Crippen LogP contribution < -0.4 is 11.1 Å². The van der Waals surface area contributed by atoms with E-state index in [2.05, 4.69) is 31.2 Å². The zero-order valence-corrected chi connectivity index (χ0v) is 12.8. The molecule has 0 aliphatic carbocycles. The SMILES string of the molecule is CCCc1nn(C)c(NC(C)CCSCC)c1N. The van der Waals surface area contributed by atoms with Crippen molar-refractivity contribution in [3.63, 3.8) is 0 Å². The fourth-order valence-electron chi connectivity index (χ4n) is 1.90. The number of aryl methyl sites for hydroxylation is 2. The molecule has 0 radical (unpaired) electrons. The largest absolute Gasteiger partial charge is 0.394 e. The Balaban J connectivity index is 2.60. The summed E-state index contributed by atoms with van der Waals surface area (Å²) in [7, 11) is 1.95. The summed E-state index contributed by atoms with van der Waals surface area (Å²) < 4.78 is 1.86. The summed E-state index contributed by atoms with van der Waals surface area (Å²) in [5.74, 6) is 3.33. The molecular weight excluding hydrogens is 244 g/mol. The second-order valence-electron chi connectivity index (χ2n) is 4.61. The van der Waals surface area contributed by atoms with Gasteiger partial charge in [0.1, 0.15) is 5.82 Å². The van der Waals surface area contributed by atoms with Crippen LogP contribution in [-0.4, -0.2) is 27.3 Å². The maximum Gasteiger partial charge on any atom is 0.147 e. The predicted octanol–water partition coefficient (Wildman–Crippen LogP) is 2.90. The lowest BCUT2D eigenvalue weighted by molar-refractivity contribution is 0.708. The molecule has 104 valence electrons. The summed E-state index contributed by atoms with van der Waals surface area (Å²) in [6.07, 6.45) is 3.16. The highest BCUT2D eigenvalue weighted by Gasteiger charge is 2.14. The zero-order valence-electron chi connectivity index (χ0n) is 12.0. The third-order valence-corrected chi connectivity index (χ3v) is 3.86. The quantitative estimate of drug-likeness (QED) is 0.713. The Kier molecular flexibility index (Phi) is 6.39. The zero-order chi connectivity index (χ0) is 13.5. The normalized spacial score (nSPS) is 12.7. The van der Waals surface area contributed by atoms with Gasteiger partial charge in [0.15, 0.2) is 0 Å². The lowest BCUT2D eigenvalue weighted by atomic mass is 10.2. The Labute approximate surface area is 115 Å². The molecule has 3 N–H and O–H groups in total. The Morgan fingerprint density at radius 1 is 1.44 bits per heavy atom. The number of anilines is 2. The van der Waals surface area contributed by atoms with Crippen molar-refractivity contribution in [3.05, 3.63) is 5.69 Å². The molecule has 0 aliphatic rings. The van der Waals surface area contributed by atoms with Crippen LogP contribution in [0.3, 0.4) is 0 Å². The molecule has 1 heterocycles. The van der Waals surface area contributed by atoms with Gasteiger partial charge in [-0.05, 0) is 31.3 Å². The average molecular weight is 270 g/mol. The number of nitrogens with zero attached hydrogens (tertiary/aromatic N) is 2. The molecule has 1 unspecified atom stereocenters. The van der Waals surface area contributed by atoms with Crippen molar-refractivity contribution in [1.29, 1.82) is 0 Å². The number of rotatable bonds is 8. The number of aromatic nitrogens is 2. The van der Waals surface area contributed by atoms with Crippen LogP contribution in [0.25, 0.3) is 0 Å². The lowest BCUT2D eigenvalue weighted by Gasteiger charge is -2.15. The van der Waals surface area contributed by atoms with E-state index in [9.17, 15) is 0 Å². The van der Waals surface area contributed by atoms with Crippen molar-refractivity contribution in [2.75, 3.05) is 22.6 Å². The lowest BCUT2D eigenvalue weighted by Crippen LogP contribution is -2.19. The summed E-state index contributed by atoms with van der Waals surface area (Å²) in [5, 5.41) is 7.95. The van der Waals surface area contributed by atoms with Crippen LogP contribution in [0.4, 0.5) is 11.5 Å². The Morgan fingerprint density at radius 2 is 2.17 bits per heavy atom. The van der Waals surface area contributed by atoms with Crippen molar-refractivity contribution in [2.45, 2.75) is 46.1 Å². The molecule has 1 aromatic rings. The Bertz CT molecular complexity index is 362. The summed E-state index contributed by atoms with van der Waals surface area (Å²) in [6, 6.07) is 0.427. The van der Waals surface area contributed by atoms with E-state index >= 15 is 0 Å². The number of hydrogen-bond donors (Lipinski definition) is 2. The van der Waals surface area contributed by atoms with E-state index in [1.165, 1.54) is 11.5 Å². The first-order chi connectivity index (χ1) is 8.60. The van der Waals surface area contributed by atoms with Crippen LogP contribution in [0, 0.1) is 0 Å². The van der Waals surface area contributed by atoms with E-state index in [1.807, 2.05) is 23.5 Å². The number of thioether (sulfide) groups is 1. The van der Waals surface area contributed by atoms with Crippen LogP contribution in [0.15, 0.2) is 0 Å². The Morgan fingerprint density at radius 3 is 2.78 bits per heavy atom. The fraction of sp³-hybridized carbons (Fsp3) is 0.769. The van der Waals surface area contributed by atoms with Gasteiger partial charge in [-0.3, -0.25) is 4.68 Å². The van der Waals surface area contributed by atoms with Crippen molar-refractivity contribution in [2.24, 2.45) is 7.05 Å². The first-order valence-electron chi connectivity index (χ1n) is 6.75. The fourth-order valence-corrected chi connectivity index (χ4v) is 2.71. The van der Waals surface area contributed by atoms with E-state index in [0.29, 0.717) is 6.04 Å². The summed E-state index contributed by atoms with van der Waals surface area (Å²) in [6.45, 7) is 6.53. The molecule has 0 bridgehead atoms. The van der Waals surface area contributed by atoms with Gasteiger partial charge in [0.2, 0.25) is 0 Å². The van der Waals surface area contributed by atoms with Gasteiger partial charge in [-0.25, -0.2) is 0 Å². The number of hydrogen-bond acceptors (Lipinski definition) is 4. The van der Waals surface area contributed by atoms with Gasteiger partial charge in [0.25, 0.3) is 0 Å². The highest BCUT2D eigenvalue weighted by molar-refractivity contribution is 7.99. The molecule has 0 aromatic carbocycles. The van der Waals surface area contributed by atoms with Crippen molar-refractivity contribution in [1.82, 2.24) is 9.78 Å². The second kappa shape index (κ2) is 7.56. The van der Waals surface area contributed by atoms with Gasteiger partial charge in [-0.15, -0.1) is 0 Å². The third kappa shape index (κ3) is 4.12. The minimum atomic E-state index is 0.427. The standard InChI is InChI=1S/C13H26N4S/c1-5-7-11-12(14)13(17(4)16-11)15-10(3)8-9-18-6-2/h10,15H,5-9,14H2,1-4H3. The third-order valence-electron chi connectivity index (χ3n) is 2.93. The molecule has 0 saturated heterocycles. The van der Waals surface area contributed by atoms with Gasteiger partial charge in [0.05, 0.1) is 11.4 Å². The molecule has 0 amide bonds. The van der Waals surface area contributed by atoms with E-state index in [0.717, 1.165) is 36.5 Å². The first-order valence-corrected chi connectivity index (χ1v) is 7.91. The van der Waals surface area contributed by atoms with Gasteiger partial charge >= 0.3 is 0 Å². The molecule has 1 rings (SSSR count). The van der Waals surface area contributed by atoms with E-state index in [1.54, 1.807) is 0 Å². The molecule has 0 aliphatic heterocycles.